The van der Waals surface area contributed by atoms with Gasteiger partial charge in [-0.2, -0.15) is 0 Å². The summed E-state index contributed by atoms with van der Waals surface area (Å²) in [5.41, 5.74) is 3.01. The van der Waals surface area contributed by atoms with Gasteiger partial charge in [-0.1, -0.05) is 30.3 Å². The minimum Gasteiger partial charge on any atom is -0.354 e. The molecule has 0 bridgehead atoms. The summed E-state index contributed by atoms with van der Waals surface area (Å²) >= 11 is 0. The van der Waals surface area contributed by atoms with Crippen molar-refractivity contribution in [1.82, 2.24) is 25.5 Å². The molecule has 2 amide bonds. The van der Waals surface area contributed by atoms with Gasteiger partial charge in [0, 0.05) is 36.1 Å². The minimum absolute atomic E-state index is 0.0288. The first-order chi connectivity index (χ1) is 13.2. The lowest BCUT2D eigenvalue weighted by atomic mass is 9.92. The van der Waals surface area contributed by atoms with E-state index < -0.39 is 0 Å². The van der Waals surface area contributed by atoms with E-state index in [1.807, 2.05) is 41.4 Å². The van der Waals surface area contributed by atoms with Crippen molar-refractivity contribution in [1.29, 1.82) is 0 Å². The van der Waals surface area contributed by atoms with Crippen LogP contribution in [0.3, 0.4) is 0 Å². The van der Waals surface area contributed by atoms with Crippen molar-refractivity contribution in [2.45, 2.75) is 25.3 Å². The van der Waals surface area contributed by atoms with Gasteiger partial charge in [0.2, 0.25) is 11.8 Å². The fourth-order valence-corrected chi connectivity index (χ4v) is 3.69. The minimum atomic E-state index is -0.0651. The van der Waals surface area contributed by atoms with E-state index in [0.717, 1.165) is 41.9 Å². The Kier molecular flexibility index (Phi) is 5.11. The summed E-state index contributed by atoms with van der Waals surface area (Å²) in [7, 11) is 0. The number of rotatable bonds is 4. The van der Waals surface area contributed by atoms with Crippen molar-refractivity contribution in [3.05, 3.63) is 47.8 Å². The Labute approximate surface area is 158 Å². The van der Waals surface area contributed by atoms with Gasteiger partial charge in [-0.05, 0) is 19.3 Å². The standard InChI is InChI=1S/C20H23N5O2/c26-18-12-25(10-9-21-18)13-19(27)23-16-7-4-8-17-15(16)11-22-20(24-17)14-5-2-1-3-6-14/h1-3,5-6,11,16H,4,7-10,12-13H2,(H,21,26)(H,23,27)/t16-/m0/s1. The number of carbonyl (C=O) groups is 2. The van der Waals surface area contributed by atoms with Gasteiger partial charge in [-0.25, -0.2) is 9.97 Å². The molecule has 1 atom stereocenters. The molecule has 2 heterocycles. The SMILES string of the molecule is O=C1CN(CC(=O)N[C@H]2CCCc3nc(-c4ccccc4)ncc32)CCN1. The predicted molar refractivity (Wildman–Crippen MR) is 101 cm³/mol. The highest BCUT2D eigenvalue weighted by Crippen LogP contribution is 2.29. The van der Waals surface area contributed by atoms with Crippen LogP contribution in [0.2, 0.25) is 0 Å². The number of hydrogen-bond donors (Lipinski definition) is 2. The largest absolute Gasteiger partial charge is 0.354 e. The lowest BCUT2D eigenvalue weighted by molar-refractivity contribution is -0.127. The number of aryl methyl sites for hydroxylation is 1. The molecule has 2 aliphatic rings. The van der Waals surface area contributed by atoms with Crippen LogP contribution in [0, 0.1) is 0 Å². The fraction of sp³-hybridized carbons (Fsp3) is 0.400. The maximum atomic E-state index is 12.5. The molecule has 7 heteroatoms. The van der Waals surface area contributed by atoms with E-state index in [0.29, 0.717) is 13.1 Å². The number of fused-ring (bicyclic) bond motifs is 1. The molecule has 0 saturated carbocycles. The van der Waals surface area contributed by atoms with Crippen LogP contribution in [-0.2, 0) is 16.0 Å². The highest BCUT2D eigenvalue weighted by molar-refractivity contribution is 5.82. The highest BCUT2D eigenvalue weighted by atomic mass is 16.2. The van der Waals surface area contributed by atoms with Crippen molar-refractivity contribution in [3.63, 3.8) is 0 Å². The monoisotopic (exact) mass is 365 g/mol. The molecule has 1 aliphatic heterocycles. The van der Waals surface area contributed by atoms with E-state index in [4.69, 9.17) is 4.98 Å². The van der Waals surface area contributed by atoms with E-state index in [-0.39, 0.29) is 30.9 Å². The molecule has 4 rings (SSSR count). The van der Waals surface area contributed by atoms with Crippen LogP contribution in [0.25, 0.3) is 11.4 Å². The van der Waals surface area contributed by atoms with Crippen molar-refractivity contribution in [2.24, 2.45) is 0 Å². The van der Waals surface area contributed by atoms with Crippen LogP contribution in [0.4, 0.5) is 0 Å². The summed E-state index contributed by atoms with van der Waals surface area (Å²) in [5.74, 6) is 0.634. The zero-order valence-corrected chi connectivity index (χ0v) is 15.1. The molecule has 27 heavy (non-hydrogen) atoms. The molecule has 2 aromatic rings. The third-order valence-corrected chi connectivity index (χ3v) is 5.03. The van der Waals surface area contributed by atoms with Gasteiger partial charge < -0.3 is 10.6 Å². The molecule has 1 fully saturated rings. The summed E-state index contributed by atoms with van der Waals surface area (Å²) in [4.78, 5) is 35.0. The number of benzene rings is 1. The van der Waals surface area contributed by atoms with Gasteiger partial charge in [0.15, 0.2) is 5.82 Å². The second-order valence-electron chi connectivity index (χ2n) is 7.03. The first kappa shape index (κ1) is 17.6. The zero-order chi connectivity index (χ0) is 18.6. The molecule has 1 aromatic carbocycles. The second kappa shape index (κ2) is 7.84. The van der Waals surface area contributed by atoms with Crippen molar-refractivity contribution in [3.8, 4) is 11.4 Å². The Balaban J connectivity index is 1.45. The van der Waals surface area contributed by atoms with Gasteiger partial charge in [0.1, 0.15) is 0 Å². The summed E-state index contributed by atoms with van der Waals surface area (Å²) < 4.78 is 0. The van der Waals surface area contributed by atoms with E-state index in [2.05, 4.69) is 15.6 Å². The second-order valence-corrected chi connectivity index (χ2v) is 7.03. The maximum absolute atomic E-state index is 12.5. The van der Waals surface area contributed by atoms with Gasteiger partial charge >= 0.3 is 0 Å². The Morgan fingerprint density at radius 2 is 2.15 bits per heavy atom. The van der Waals surface area contributed by atoms with Crippen LogP contribution < -0.4 is 10.6 Å². The summed E-state index contributed by atoms with van der Waals surface area (Å²) in [6, 6.07) is 9.85. The molecule has 1 saturated heterocycles. The molecule has 0 unspecified atom stereocenters. The summed E-state index contributed by atoms with van der Waals surface area (Å²) in [5, 5.41) is 5.87. The van der Waals surface area contributed by atoms with Crippen molar-refractivity contribution < 1.29 is 9.59 Å². The van der Waals surface area contributed by atoms with Crippen LogP contribution in [0.1, 0.15) is 30.1 Å². The Morgan fingerprint density at radius 1 is 1.30 bits per heavy atom. The topological polar surface area (TPSA) is 87.2 Å². The third kappa shape index (κ3) is 4.14. The van der Waals surface area contributed by atoms with Gasteiger partial charge in [0.25, 0.3) is 0 Å². The van der Waals surface area contributed by atoms with Gasteiger partial charge in [-0.3, -0.25) is 14.5 Å². The quantitative estimate of drug-likeness (QED) is 0.846. The lowest BCUT2D eigenvalue weighted by Gasteiger charge is -2.29. The number of aromatic nitrogens is 2. The fourth-order valence-electron chi connectivity index (χ4n) is 3.69. The third-order valence-electron chi connectivity index (χ3n) is 5.03. The van der Waals surface area contributed by atoms with E-state index in [1.165, 1.54) is 0 Å². The smallest absolute Gasteiger partial charge is 0.234 e. The molecular weight excluding hydrogens is 342 g/mol. The first-order valence-corrected chi connectivity index (χ1v) is 9.39. The van der Waals surface area contributed by atoms with Crippen molar-refractivity contribution in [2.75, 3.05) is 26.2 Å². The normalized spacial score (nSPS) is 19.9. The summed E-state index contributed by atoms with van der Waals surface area (Å²) in [6.07, 6.45) is 4.61. The number of nitrogens with zero attached hydrogens (tertiary/aromatic N) is 3. The zero-order valence-electron chi connectivity index (χ0n) is 15.1. The Hall–Kier alpha value is -2.80. The number of piperazine rings is 1. The predicted octanol–water partition coefficient (Wildman–Crippen LogP) is 1.07. The molecular formula is C20H23N5O2. The van der Waals surface area contributed by atoms with Crippen LogP contribution in [0.5, 0.6) is 0 Å². The Bertz CT molecular complexity index is 840. The average molecular weight is 365 g/mol. The van der Waals surface area contributed by atoms with E-state index in [9.17, 15) is 9.59 Å². The van der Waals surface area contributed by atoms with Crippen molar-refractivity contribution >= 4 is 11.8 Å². The van der Waals surface area contributed by atoms with Crippen LogP contribution >= 0.6 is 0 Å². The number of amides is 2. The van der Waals surface area contributed by atoms with Gasteiger partial charge in [0.05, 0.1) is 19.1 Å². The molecule has 0 radical (unpaired) electrons. The maximum Gasteiger partial charge on any atom is 0.234 e. The molecule has 2 N–H and O–H groups in total. The number of nitrogens with one attached hydrogen (secondary N) is 2. The lowest BCUT2D eigenvalue weighted by Crippen LogP contribution is -2.51. The molecule has 7 nitrogen and oxygen atoms in total. The molecule has 140 valence electrons. The van der Waals surface area contributed by atoms with Crippen LogP contribution in [-0.4, -0.2) is 52.9 Å². The average Bonchev–Trinajstić information content (AvgIpc) is 2.68. The molecule has 0 spiro atoms. The van der Waals surface area contributed by atoms with E-state index >= 15 is 0 Å². The molecule has 1 aliphatic carbocycles. The van der Waals surface area contributed by atoms with Gasteiger partial charge in [-0.15, -0.1) is 0 Å². The first-order valence-electron chi connectivity index (χ1n) is 9.39. The van der Waals surface area contributed by atoms with E-state index in [1.54, 1.807) is 0 Å². The number of hydrogen-bond acceptors (Lipinski definition) is 5. The summed E-state index contributed by atoms with van der Waals surface area (Å²) in [6.45, 7) is 1.80. The Morgan fingerprint density at radius 3 is 2.96 bits per heavy atom. The number of carbonyl (C=O) groups excluding carboxylic acids is 2. The molecule has 1 aromatic heterocycles. The highest BCUT2D eigenvalue weighted by Gasteiger charge is 2.25. The van der Waals surface area contributed by atoms with Crippen LogP contribution in [0.15, 0.2) is 36.5 Å².